The van der Waals surface area contributed by atoms with Crippen LogP contribution in [0.15, 0.2) is 34.8 Å². The van der Waals surface area contributed by atoms with E-state index in [1.807, 2.05) is 24.3 Å². The standard InChI is InChI=1S/C18H22BrNO3/c1-13-5-2-3-8-16(13)20-17(21)12-23-18(22)10-9-14-6-4-7-15(19)11-14/h4,6-7,9-11,13,16H,2-3,5,8,12H2,1H3,(H,20,21)/b10-9+/t13-,16+/m1/s1. The lowest BCUT2D eigenvalue weighted by Crippen LogP contribution is -2.42. The summed E-state index contributed by atoms with van der Waals surface area (Å²) in [6.07, 6.45) is 7.50. The zero-order chi connectivity index (χ0) is 16.7. The average molecular weight is 380 g/mol. The molecule has 23 heavy (non-hydrogen) atoms. The van der Waals surface area contributed by atoms with Gasteiger partial charge in [-0.15, -0.1) is 0 Å². The Hall–Kier alpha value is -1.62. The number of amides is 1. The van der Waals surface area contributed by atoms with E-state index in [1.54, 1.807) is 6.08 Å². The molecule has 1 fully saturated rings. The Bertz CT molecular complexity index is 585. The highest BCUT2D eigenvalue weighted by Gasteiger charge is 2.22. The molecule has 1 amide bonds. The lowest BCUT2D eigenvalue weighted by Gasteiger charge is -2.29. The molecule has 0 saturated heterocycles. The molecule has 2 rings (SSSR count). The van der Waals surface area contributed by atoms with Gasteiger partial charge in [0, 0.05) is 16.6 Å². The van der Waals surface area contributed by atoms with Crippen molar-refractivity contribution >= 4 is 33.9 Å². The molecule has 0 bridgehead atoms. The fraction of sp³-hybridized carbons (Fsp3) is 0.444. The molecule has 2 atom stereocenters. The molecular formula is C18H22BrNO3. The van der Waals surface area contributed by atoms with E-state index < -0.39 is 5.97 Å². The van der Waals surface area contributed by atoms with E-state index in [-0.39, 0.29) is 18.6 Å². The molecule has 5 heteroatoms. The molecule has 0 aliphatic heterocycles. The number of benzene rings is 1. The average Bonchev–Trinajstić information content (AvgIpc) is 2.53. The van der Waals surface area contributed by atoms with Crippen LogP contribution in [0, 0.1) is 5.92 Å². The van der Waals surface area contributed by atoms with Crippen LogP contribution in [0.3, 0.4) is 0 Å². The van der Waals surface area contributed by atoms with Gasteiger partial charge in [-0.05, 0) is 42.5 Å². The van der Waals surface area contributed by atoms with Crippen molar-refractivity contribution in [1.82, 2.24) is 5.32 Å². The van der Waals surface area contributed by atoms with E-state index in [1.165, 1.54) is 12.5 Å². The van der Waals surface area contributed by atoms with Gasteiger partial charge in [-0.3, -0.25) is 4.79 Å². The first-order valence-electron chi connectivity index (χ1n) is 7.94. The minimum Gasteiger partial charge on any atom is -0.452 e. The minimum absolute atomic E-state index is 0.201. The van der Waals surface area contributed by atoms with Crippen LogP contribution in [-0.2, 0) is 14.3 Å². The molecule has 1 aromatic rings. The van der Waals surface area contributed by atoms with Crippen molar-refractivity contribution in [2.45, 2.75) is 38.6 Å². The third kappa shape index (κ3) is 6.18. The lowest BCUT2D eigenvalue weighted by molar-refractivity contribution is -0.144. The molecule has 1 N–H and O–H groups in total. The third-order valence-electron chi connectivity index (χ3n) is 4.06. The Morgan fingerprint density at radius 2 is 2.13 bits per heavy atom. The van der Waals surface area contributed by atoms with Gasteiger partial charge in [0.1, 0.15) is 0 Å². The zero-order valence-electron chi connectivity index (χ0n) is 13.3. The van der Waals surface area contributed by atoms with E-state index in [0.29, 0.717) is 5.92 Å². The van der Waals surface area contributed by atoms with Crippen molar-refractivity contribution in [2.75, 3.05) is 6.61 Å². The van der Waals surface area contributed by atoms with E-state index in [2.05, 4.69) is 28.2 Å². The largest absolute Gasteiger partial charge is 0.452 e. The summed E-state index contributed by atoms with van der Waals surface area (Å²) >= 11 is 3.37. The number of halogens is 1. The third-order valence-corrected chi connectivity index (χ3v) is 4.56. The van der Waals surface area contributed by atoms with Crippen molar-refractivity contribution in [3.8, 4) is 0 Å². The Balaban J connectivity index is 1.74. The lowest BCUT2D eigenvalue weighted by atomic mass is 9.86. The van der Waals surface area contributed by atoms with Crippen LogP contribution < -0.4 is 5.32 Å². The van der Waals surface area contributed by atoms with Crippen LogP contribution in [0.25, 0.3) is 6.08 Å². The Morgan fingerprint density at radius 3 is 2.87 bits per heavy atom. The van der Waals surface area contributed by atoms with Gasteiger partial charge < -0.3 is 10.1 Å². The van der Waals surface area contributed by atoms with Gasteiger partial charge >= 0.3 is 5.97 Å². The van der Waals surface area contributed by atoms with Crippen molar-refractivity contribution < 1.29 is 14.3 Å². The summed E-state index contributed by atoms with van der Waals surface area (Å²) in [6.45, 7) is 1.92. The molecule has 0 spiro atoms. The second-order valence-corrected chi connectivity index (χ2v) is 6.85. The van der Waals surface area contributed by atoms with Crippen molar-refractivity contribution in [2.24, 2.45) is 5.92 Å². The summed E-state index contributed by atoms with van der Waals surface area (Å²) in [6, 6.07) is 7.76. The normalized spacial score (nSPS) is 21.1. The predicted octanol–water partition coefficient (Wildman–Crippen LogP) is 3.70. The topological polar surface area (TPSA) is 55.4 Å². The van der Waals surface area contributed by atoms with Gasteiger partial charge in [0.15, 0.2) is 6.61 Å². The maximum atomic E-state index is 11.9. The summed E-state index contributed by atoms with van der Waals surface area (Å²) in [7, 11) is 0. The van der Waals surface area contributed by atoms with Crippen LogP contribution >= 0.6 is 15.9 Å². The molecule has 1 aliphatic rings. The van der Waals surface area contributed by atoms with Crippen LogP contribution in [-0.4, -0.2) is 24.5 Å². The summed E-state index contributed by atoms with van der Waals surface area (Å²) in [5.74, 6) is -0.260. The van der Waals surface area contributed by atoms with Crippen LogP contribution in [0.5, 0.6) is 0 Å². The molecule has 124 valence electrons. The summed E-state index contributed by atoms with van der Waals surface area (Å²) in [5, 5.41) is 2.96. The number of ether oxygens (including phenoxy) is 1. The van der Waals surface area contributed by atoms with Gasteiger partial charge in [0.05, 0.1) is 0 Å². The number of hydrogen-bond donors (Lipinski definition) is 1. The number of nitrogens with one attached hydrogen (secondary N) is 1. The van der Waals surface area contributed by atoms with Crippen LogP contribution in [0.2, 0.25) is 0 Å². The molecule has 0 heterocycles. The second kappa shape index (κ2) is 8.87. The van der Waals surface area contributed by atoms with Gasteiger partial charge in [-0.25, -0.2) is 4.79 Å². The highest BCUT2D eigenvalue weighted by molar-refractivity contribution is 9.10. The quantitative estimate of drug-likeness (QED) is 0.626. The predicted molar refractivity (Wildman–Crippen MR) is 93.7 cm³/mol. The number of carbonyl (C=O) groups is 2. The van der Waals surface area contributed by atoms with Gasteiger partial charge in [0.25, 0.3) is 5.91 Å². The SMILES string of the molecule is C[C@@H]1CCCC[C@@H]1NC(=O)COC(=O)/C=C/c1cccc(Br)c1. The molecule has 1 aromatic carbocycles. The Kier molecular flexibility index (Phi) is 6.84. The van der Waals surface area contributed by atoms with Crippen LogP contribution in [0.4, 0.5) is 0 Å². The second-order valence-electron chi connectivity index (χ2n) is 5.93. The molecule has 1 aliphatic carbocycles. The number of esters is 1. The molecule has 1 saturated carbocycles. The summed E-state index contributed by atoms with van der Waals surface area (Å²) in [5.41, 5.74) is 0.886. The van der Waals surface area contributed by atoms with E-state index in [0.717, 1.165) is 29.3 Å². The smallest absolute Gasteiger partial charge is 0.331 e. The maximum absolute atomic E-state index is 11.9. The van der Waals surface area contributed by atoms with E-state index in [4.69, 9.17) is 4.74 Å². The zero-order valence-corrected chi connectivity index (χ0v) is 14.8. The molecule has 0 aromatic heterocycles. The van der Waals surface area contributed by atoms with Crippen molar-refractivity contribution in [3.63, 3.8) is 0 Å². The number of carbonyl (C=O) groups excluding carboxylic acids is 2. The van der Waals surface area contributed by atoms with E-state index in [9.17, 15) is 9.59 Å². The Labute approximate surface area is 145 Å². The molecular weight excluding hydrogens is 358 g/mol. The first-order valence-corrected chi connectivity index (χ1v) is 8.73. The van der Waals surface area contributed by atoms with Gasteiger partial charge in [-0.2, -0.15) is 0 Å². The molecule has 0 unspecified atom stereocenters. The highest BCUT2D eigenvalue weighted by atomic mass is 79.9. The first kappa shape index (κ1) is 17.7. The van der Waals surface area contributed by atoms with Crippen molar-refractivity contribution in [1.29, 1.82) is 0 Å². The monoisotopic (exact) mass is 379 g/mol. The fourth-order valence-corrected chi connectivity index (χ4v) is 3.16. The first-order chi connectivity index (χ1) is 11.0. The minimum atomic E-state index is -0.517. The van der Waals surface area contributed by atoms with Crippen LogP contribution in [0.1, 0.15) is 38.2 Å². The van der Waals surface area contributed by atoms with Gasteiger partial charge in [-0.1, -0.05) is 47.8 Å². The number of rotatable bonds is 5. The highest BCUT2D eigenvalue weighted by Crippen LogP contribution is 2.23. The van der Waals surface area contributed by atoms with Crippen molar-refractivity contribution in [3.05, 3.63) is 40.4 Å². The summed E-state index contributed by atoms with van der Waals surface area (Å²) in [4.78, 5) is 23.5. The van der Waals surface area contributed by atoms with Gasteiger partial charge in [0.2, 0.25) is 0 Å². The Morgan fingerprint density at radius 1 is 1.35 bits per heavy atom. The molecule has 0 radical (unpaired) electrons. The summed E-state index contributed by atoms with van der Waals surface area (Å²) < 4.78 is 5.92. The fourth-order valence-electron chi connectivity index (χ4n) is 2.74. The maximum Gasteiger partial charge on any atom is 0.331 e. The van der Waals surface area contributed by atoms with E-state index >= 15 is 0 Å². The molecule has 4 nitrogen and oxygen atoms in total. The number of hydrogen-bond acceptors (Lipinski definition) is 3.